The van der Waals surface area contributed by atoms with Crippen LogP contribution in [0.2, 0.25) is 0 Å². The van der Waals surface area contributed by atoms with Gasteiger partial charge in [-0.25, -0.2) is 0 Å². The van der Waals surface area contributed by atoms with E-state index in [1.165, 1.54) is 16.5 Å². The second kappa shape index (κ2) is 6.33. The SMILES string of the molecule is Cc1cc(-c2ccccc2)c2[nH]c3ccccc3c2c1Oc1ccccc1. The third kappa shape index (κ3) is 2.67. The number of para-hydroxylation sites is 2. The highest BCUT2D eigenvalue weighted by Crippen LogP contribution is 2.42. The fraction of sp³-hybridized carbons (Fsp3) is 0.0400. The van der Waals surface area contributed by atoms with Crippen LogP contribution in [0.25, 0.3) is 32.9 Å². The molecule has 0 bridgehead atoms. The molecule has 0 spiro atoms. The fourth-order valence-corrected chi connectivity index (χ4v) is 3.71. The van der Waals surface area contributed by atoms with Crippen LogP contribution < -0.4 is 4.74 Å². The van der Waals surface area contributed by atoms with Crippen molar-refractivity contribution in [2.45, 2.75) is 6.92 Å². The number of rotatable bonds is 3. The summed E-state index contributed by atoms with van der Waals surface area (Å²) in [5.41, 5.74) is 5.74. The Morgan fingerprint density at radius 1 is 0.741 bits per heavy atom. The zero-order valence-electron chi connectivity index (χ0n) is 15.1. The van der Waals surface area contributed by atoms with E-state index < -0.39 is 0 Å². The quantitative estimate of drug-likeness (QED) is 0.369. The lowest BCUT2D eigenvalue weighted by Gasteiger charge is -2.14. The zero-order valence-corrected chi connectivity index (χ0v) is 15.1. The second-order valence-corrected chi connectivity index (χ2v) is 6.77. The zero-order chi connectivity index (χ0) is 18.2. The molecular formula is C25H19NO. The maximum Gasteiger partial charge on any atom is 0.140 e. The number of aromatic amines is 1. The Morgan fingerprint density at radius 2 is 1.41 bits per heavy atom. The average Bonchev–Trinajstić information content (AvgIpc) is 3.11. The summed E-state index contributed by atoms with van der Waals surface area (Å²) < 4.78 is 6.36. The fourth-order valence-electron chi connectivity index (χ4n) is 3.71. The van der Waals surface area contributed by atoms with E-state index in [4.69, 9.17) is 4.74 Å². The van der Waals surface area contributed by atoms with Crippen molar-refractivity contribution in [3.8, 4) is 22.6 Å². The third-order valence-electron chi connectivity index (χ3n) is 4.97. The van der Waals surface area contributed by atoms with Gasteiger partial charge in [-0.2, -0.15) is 0 Å². The first-order valence-electron chi connectivity index (χ1n) is 9.13. The smallest absolute Gasteiger partial charge is 0.140 e. The van der Waals surface area contributed by atoms with Gasteiger partial charge in [0.2, 0.25) is 0 Å². The van der Waals surface area contributed by atoms with Gasteiger partial charge in [0.05, 0.1) is 10.9 Å². The highest BCUT2D eigenvalue weighted by atomic mass is 16.5. The molecule has 0 fully saturated rings. The van der Waals surface area contributed by atoms with Crippen molar-refractivity contribution in [1.29, 1.82) is 0 Å². The van der Waals surface area contributed by atoms with Gasteiger partial charge >= 0.3 is 0 Å². The summed E-state index contributed by atoms with van der Waals surface area (Å²) >= 11 is 0. The van der Waals surface area contributed by atoms with Crippen molar-refractivity contribution >= 4 is 21.8 Å². The minimum atomic E-state index is 0.847. The van der Waals surface area contributed by atoms with Gasteiger partial charge in [0.15, 0.2) is 0 Å². The Balaban J connectivity index is 1.84. The molecule has 5 aromatic rings. The van der Waals surface area contributed by atoms with Crippen LogP contribution in [0.1, 0.15) is 5.56 Å². The van der Waals surface area contributed by atoms with E-state index in [1.807, 2.05) is 36.4 Å². The molecule has 1 heterocycles. The maximum absolute atomic E-state index is 6.36. The monoisotopic (exact) mass is 349 g/mol. The lowest BCUT2D eigenvalue weighted by Crippen LogP contribution is -1.91. The minimum absolute atomic E-state index is 0.847. The summed E-state index contributed by atoms with van der Waals surface area (Å²) in [5.74, 6) is 1.76. The summed E-state index contributed by atoms with van der Waals surface area (Å²) in [5, 5.41) is 2.31. The Hall–Kier alpha value is -3.52. The van der Waals surface area contributed by atoms with Crippen LogP contribution in [0.3, 0.4) is 0 Å². The van der Waals surface area contributed by atoms with Crippen LogP contribution in [-0.2, 0) is 0 Å². The van der Waals surface area contributed by atoms with Crippen molar-refractivity contribution in [3.05, 3.63) is 96.6 Å². The molecule has 27 heavy (non-hydrogen) atoms. The number of H-pyrrole nitrogens is 1. The highest BCUT2D eigenvalue weighted by Gasteiger charge is 2.17. The van der Waals surface area contributed by atoms with E-state index in [0.29, 0.717) is 0 Å². The van der Waals surface area contributed by atoms with Crippen LogP contribution in [0.15, 0.2) is 91.0 Å². The number of nitrogens with one attached hydrogen (secondary N) is 1. The molecule has 0 amide bonds. The Kier molecular flexibility index (Phi) is 3.68. The van der Waals surface area contributed by atoms with Crippen LogP contribution in [0, 0.1) is 6.92 Å². The van der Waals surface area contributed by atoms with Crippen molar-refractivity contribution in [2.75, 3.05) is 0 Å². The third-order valence-corrected chi connectivity index (χ3v) is 4.97. The van der Waals surface area contributed by atoms with Crippen molar-refractivity contribution < 1.29 is 4.74 Å². The molecule has 0 saturated heterocycles. The standard InChI is InChI=1S/C25H19NO/c1-17-16-21(18-10-4-2-5-11-18)24-23(20-14-8-9-15-22(20)26-24)25(17)27-19-12-6-3-7-13-19/h2-16,26H,1H3. The van der Waals surface area contributed by atoms with Gasteiger partial charge in [0.25, 0.3) is 0 Å². The van der Waals surface area contributed by atoms with Crippen LogP contribution in [0.5, 0.6) is 11.5 Å². The molecule has 0 unspecified atom stereocenters. The number of benzene rings is 4. The minimum Gasteiger partial charge on any atom is -0.456 e. The van der Waals surface area contributed by atoms with Crippen molar-refractivity contribution in [1.82, 2.24) is 4.98 Å². The molecule has 0 aliphatic rings. The number of fused-ring (bicyclic) bond motifs is 3. The van der Waals surface area contributed by atoms with E-state index in [1.54, 1.807) is 0 Å². The Labute approximate surface area is 158 Å². The lowest BCUT2D eigenvalue weighted by atomic mass is 9.98. The van der Waals surface area contributed by atoms with E-state index in [9.17, 15) is 0 Å². The topological polar surface area (TPSA) is 25.0 Å². The van der Waals surface area contributed by atoms with Crippen LogP contribution in [-0.4, -0.2) is 4.98 Å². The molecule has 0 saturated carbocycles. The van der Waals surface area contributed by atoms with Crippen molar-refractivity contribution in [3.63, 3.8) is 0 Å². The summed E-state index contributed by atoms with van der Waals surface area (Å²) in [6, 6.07) is 31.1. The average molecular weight is 349 g/mol. The normalized spacial score (nSPS) is 11.1. The summed E-state index contributed by atoms with van der Waals surface area (Å²) in [6.45, 7) is 2.12. The molecule has 5 rings (SSSR count). The summed E-state index contributed by atoms with van der Waals surface area (Å²) in [7, 11) is 0. The largest absolute Gasteiger partial charge is 0.456 e. The van der Waals surface area contributed by atoms with Gasteiger partial charge in [0.1, 0.15) is 11.5 Å². The number of hydrogen-bond donors (Lipinski definition) is 1. The molecule has 0 radical (unpaired) electrons. The van der Waals surface area contributed by atoms with Crippen LogP contribution in [0.4, 0.5) is 0 Å². The summed E-state index contributed by atoms with van der Waals surface area (Å²) in [6.07, 6.45) is 0. The van der Waals surface area contributed by atoms with Gasteiger partial charge in [-0.3, -0.25) is 0 Å². The van der Waals surface area contributed by atoms with Gasteiger partial charge in [-0.15, -0.1) is 0 Å². The summed E-state index contributed by atoms with van der Waals surface area (Å²) in [4.78, 5) is 3.62. The predicted octanol–water partition coefficient (Wildman–Crippen LogP) is 7.09. The van der Waals surface area contributed by atoms with E-state index in [2.05, 4.69) is 66.5 Å². The predicted molar refractivity (Wildman–Crippen MR) is 112 cm³/mol. The Morgan fingerprint density at radius 3 is 2.19 bits per heavy atom. The first-order valence-corrected chi connectivity index (χ1v) is 9.13. The number of aromatic nitrogens is 1. The van der Waals surface area contributed by atoms with E-state index in [0.717, 1.165) is 33.5 Å². The Bertz CT molecular complexity index is 1240. The first kappa shape index (κ1) is 15.7. The number of ether oxygens (including phenoxy) is 1. The highest BCUT2D eigenvalue weighted by molar-refractivity contribution is 6.15. The molecule has 0 aliphatic heterocycles. The molecule has 2 heteroatoms. The van der Waals surface area contributed by atoms with Gasteiger partial charge in [-0.1, -0.05) is 66.7 Å². The maximum atomic E-state index is 6.36. The van der Waals surface area contributed by atoms with Gasteiger partial charge < -0.3 is 9.72 Å². The second-order valence-electron chi connectivity index (χ2n) is 6.77. The van der Waals surface area contributed by atoms with E-state index >= 15 is 0 Å². The van der Waals surface area contributed by atoms with Crippen LogP contribution >= 0.6 is 0 Å². The van der Waals surface area contributed by atoms with Crippen molar-refractivity contribution in [2.24, 2.45) is 0 Å². The number of hydrogen-bond acceptors (Lipinski definition) is 1. The first-order chi connectivity index (χ1) is 13.3. The van der Waals surface area contributed by atoms with E-state index in [-0.39, 0.29) is 0 Å². The van der Waals surface area contributed by atoms with Gasteiger partial charge in [-0.05, 0) is 42.3 Å². The molecule has 0 atom stereocenters. The molecule has 0 aliphatic carbocycles. The number of aryl methyl sites for hydroxylation is 1. The molecule has 130 valence electrons. The molecule has 4 aromatic carbocycles. The molecule has 1 N–H and O–H groups in total. The lowest BCUT2D eigenvalue weighted by molar-refractivity contribution is 0.485. The molecular weight excluding hydrogens is 330 g/mol. The molecule has 1 aromatic heterocycles. The van der Waals surface area contributed by atoms with Gasteiger partial charge in [0, 0.05) is 16.5 Å². The molecule has 2 nitrogen and oxygen atoms in total.